The van der Waals surface area contributed by atoms with Crippen LogP contribution in [0.2, 0.25) is 0 Å². The monoisotopic (exact) mass is 437 g/mol. The molecule has 1 aromatic carbocycles. The molecule has 9 nitrogen and oxygen atoms in total. The Hall–Kier alpha value is -1.98. The Labute approximate surface area is 173 Å². The number of carbonyl (C=O) groups excluding carboxylic acids is 1. The van der Waals surface area contributed by atoms with Gasteiger partial charge in [0.1, 0.15) is 0 Å². The van der Waals surface area contributed by atoms with Crippen molar-refractivity contribution in [1.82, 2.24) is 20.2 Å². The molecule has 0 saturated carbocycles. The van der Waals surface area contributed by atoms with E-state index in [1.54, 1.807) is 9.58 Å². The summed E-state index contributed by atoms with van der Waals surface area (Å²) in [6.45, 7) is 1.32. The van der Waals surface area contributed by atoms with Crippen molar-refractivity contribution in [3.05, 3.63) is 30.3 Å². The van der Waals surface area contributed by atoms with Crippen molar-refractivity contribution in [2.24, 2.45) is 0 Å². The van der Waals surface area contributed by atoms with E-state index in [0.29, 0.717) is 23.8 Å². The summed E-state index contributed by atoms with van der Waals surface area (Å²) < 4.78 is 31.2. The molecule has 11 heteroatoms. The van der Waals surface area contributed by atoms with Crippen molar-refractivity contribution in [2.75, 3.05) is 28.8 Å². The number of ether oxygens (including phenoxy) is 1. The quantitative estimate of drug-likeness (QED) is 0.594. The second-order valence-corrected chi connectivity index (χ2v) is 10.4. The maximum Gasteiger partial charge on any atom is 0.237 e. The highest BCUT2D eigenvalue weighted by atomic mass is 32.2. The number of rotatable bonds is 7. The molecule has 29 heavy (non-hydrogen) atoms. The number of carbonyl (C=O) groups is 1. The van der Waals surface area contributed by atoms with Crippen LogP contribution in [0.4, 0.5) is 5.69 Å². The third-order valence-electron chi connectivity index (χ3n) is 5.10. The van der Waals surface area contributed by atoms with Crippen LogP contribution in [0.1, 0.15) is 19.3 Å². The maximum atomic E-state index is 13.1. The minimum Gasteiger partial charge on any atom is -0.376 e. The molecule has 2 atom stereocenters. The van der Waals surface area contributed by atoms with Crippen LogP contribution in [0.15, 0.2) is 35.5 Å². The molecular formula is C18H23N5O4S2. The number of sulfone groups is 1. The van der Waals surface area contributed by atoms with Crippen molar-refractivity contribution >= 4 is 33.2 Å². The maximum absolute atomic E-state index is 13.1. The van der Waals surface area contributed by atoms with Gasteiger partial charge < -0.3 is 9.64 Å². The molecule has 0 spiro atoms. The van der Waals surface area contributed by atoms with Gasteiger partial charge in [-0.1, -0.05) is 30.0 Å². The molecule has 1 amide bonds. The zero-order valence-corrected chi connectivity index (χ0v) is 17.5. The summed E-state index contributed by atoms with van der Waals surface area (Å²) in [6, 6.07) is 8.86. The first-order valence-corrected chi connectivity index (χ1v) is 12.4. The van der Waals surface area contributed by atoms with Gasteiger partial charge in [-0.05, 0) is 41.8 Å². The highest BCUT2D eigenvalue weighted by Crippen LogP contribution is 2.26. The minimum atomic E-state index is -3.11. The lowest BCUT2D eigenvalue weighted by molar-refractivity contribution is -0.116. The number of hydrogen-bond donors (Lipinski definition) is 0. The lowest BCUT2D eigenvalue weighted by atomic mass is 10.2. The second-order valence-electron chi connectivity index (χ2n) is 7.22. The lowest BCUT2D eigenvalue weighted by Gasteiger charge is -2.28. The Kier molecular flexibility index (Phi) is 6.16. The Morgan fingerprint density at radius 1 is 1.28 bits per heavy atom. The Morgan fingerprint density at radius 2 is 2.10 bits per heavy atom. The third kappa shape index (κ3) is 4.96. The zero-order valence-electron chi connectivity index (χ0n) is 15.9. The van der Waals surface area contributed by atoms with E-state index in [-0.39, 0.29) is 35.3 Å². The van der Waals surface area contributed by atoms with Crippen LogP contribution in [-0.4, -0.2) is 70.5 Å². The van der Waals surface area contributed by atoms with E-state index in [2.05, 4.69) is 15.5 Å². The van der Waals surface area contributed by atoms with Gasteiger partial charge in [-0.2, -0.15) is 0 Å². The fourth-order valence-electron chi connectivity index (χ4n) is 3.72. The highest BCUT2D eigenvalue weighted by molar-refractivity contribution is 7.99. The summed E-state index contributed by atoms with van der Waals surface area (Å²) in [7, 11) is -3.11. The molecule has 2 aromatic rings. The average molecular weight is 438 g/mol. The van der Waals surface area contributed by atoms with E-state index in [1.165, 1.54) is 11.8 Å². The van der Waals surface area contributed by atoms with E-state index >= 15 is 0 Å². The standard InChI is InChI=1S/C18H23N5O4S2/c24-17(12-28-18-19-20-21-22(18)11-16-7-4-9-27-16)23(14-5-2-1-3-6-14)15-8-10-29(25,26)13-15/h1-3,5-6,15-16H,4,7-13H2/t15-,16+/m0/s1. The van der Waals surface area contributed by atoms with Crippen molar-refractivity contribution in [2.45, 2.75) is 43.1 Å². The van der Waals surface area contributed by atoms with E-state index < -0.39 is 9.84 Å². The first-order valence-electron chi connectivity index (χ1n) is 9.60. The van der Waals surface area contributed by atoms with Crippen LogP contribution < -0.4 is 4.90 Å². The molecule has 3 heterocycles. The number of nitrogens with zero attached hydrogens (tertiary/aromatic N) is 5. The van der Waals surface area contributed by atoms with Crippen LogP contribution in [0.5, 0.6) is 0 Å². The van der Waals surface area contributed by atoms with Gasteiger partial charge in [0.2, 0.25) is 11.1 Å². The molecule has 0 unspecified atom stereocenters. The van der Waals surface area contributed by atoms with Crippen molar-refractivity contribution in [3.8, 4) is 0 Å². The Balaban J connectivity index is 1.46. The van der Waals surface area contributed by atoms with Crippen LogP contribution in [-0.2, 0) is 25.9 Å². The zero-order chi connectivity index (χ0) is 20.3. The first-order chi connectivity index (χ1) is 14.0. The van der Waals surface area contributed by atoms with Gasteiger partial charge in [0.15, 0.2) is 9.84 Å². The minimum absolute atomic E-state index is 0.00490. The van der Waals surface area contributed by atoms with Gasteiger partial charge >= 0.3 is 0 Å². The predicted molar refractivity (Wildman–Crippen MR) is 109 cm³/mol. The molecule has 156 valence electrons. The average Bonchev–Trinajstić information content (AvgIpc) is 3.44. The molecule has 2 saturated heterocycles. The number of aromatic nitrogens is 4. The fourth-order valence-corrected chi connectivity index (χ4v) is 6.16. The Bertz CT molecular complexity index is 944. The van der Waals surface area contributed by atoms with Crippen LogP contribution in [0, 0.1) is 0 Å². The van der Waals surface area contributed by atoms with Crippen LogP contribution in [0.3, 0.4) is 0 Å². The first kappa shape index (κ1) is 20.3. The van der Waals surface area contributed by atoms with Gasteiger partial charge in [0.25, 0.3) is 0 Å². The topological polar surface area (TPSA) is 107 Å². The second kappa shape index (κ2) is 8.80. The van der Waals surface area contributed by atoms with Gasteiger partial charge in [-0.15, -0.1) is 5.10 Å². The summed E-state index contributed by atoms with van der Waals surface area (Å²) >= 11 is 1.26. The summed E-state index contributed by atoms with van der Waals surface area (Å²) in [6.07, 6.45) is 2.55. The molecule has 1 aromatic heterocycles. The molecule has 0 aliphatic carbocycles. The molecule has 2 aliphatic rings. The van der Waals surface area contributed by atoms with Gasteiger partial charge in [0.05, 0.1) is 35.9 Å². The smallest absolute Gasteiger partial charge is 0.237 e. The number of tetrazole rings is 1. The van der Waals surface area contributed by atoms with Crippen molar-refractivity contribution < 1.29 is 17.9 Å². The molecule has 0 radical (unpaired) electrons. The largest absolute Gasteiger partial charge is 0.376 e. The number of hydrogen-bond acceptors (Lipinski definition) is 8. The number of benzene rings is 1. The lowest BCUT2D eigenvalue weighted by Crippen LogP contribution is -2.42. The summed E-state index contributed by atoms with van der Waals surface area (Å²) in [5, 5.41) is 12.3. The number of para-hydroxylation sites is 1. The van der Waals surface area contributed by atoms with Crippen LogP contribution in [0.25, 0.3) is 0 Å². The van der Waals surface area contributed by atoms with Gasteiger partial charge in [-0.3, -0.25) is 4.79 Å². The van der Waals surface area contributed by atoms with Crippen molar-refractivity contribution in [1.29, 1.82) is 0 Å². The summed E-state index contributed by atoms with van der Waals surface area (Å²) in [5.74, 6) is 0.0722. The SMILES string of the molecule is O=C(CSc1nnnn1C[C@H]1CCCO1)N(c1ccccc1)[C@H]1CCS(=O)(=O)C1. The highest BCUT2D eigenvalue weighted by Gasteiger charge is 2.35. The number of amides is 1. The van der Waals surface area contributed by atoms with Gasteiger partial charge in [-0.25, -0.2) is 13.1 Å². The predicted octanol–water partition coefficient (Wildman–Crippen LogP) is 1.16. The Morgan fingerprint density at radius 3 is 2.79 bits per heavy atom. The molecular weight excluding hydrogens is 414 g/mol. The molecule has 0 bridgehead atoms. The van der Waals surface area contributed by atoms with E-state index in [9.17, 15) is 13.2 Å². The summed E-state index contributed by atoms with van der Waals surface area (Å²) in [5.41, 5.74) is 0.708. The van der Waals surface area contributed by atoms with Crippen molar-refractivity contribution in [3.63, 3.8) is 0 Å². The normalized spacial score (nSPS) is 23.3. The molecule has 0 N–H and O–H groups in total. The molecule has 2 fully saturated rings. The van der Waals surface area contributed by atoms with E-state index in [1.807, 2.05) is 30.3 Å². The van der Waals surface area contributed by atoms with E-state index in [0.717, 1.165) is 19.4 Å². The molecule has 2 aliphatic heterocycles. The number of anilines is 1. The molecule has 4 rings (SSSR count). The third-order valence-corrected chi connectivity index (χ3v) is 7.79. The summed E-state index contributed by atoms with van der Waals surface area (Å²) in [4.78, 5) is 14.7. The van der Waals surface area contributed by atoms with Gasteiger partial charge in [0, 0.05) is 12.3 Å². The number of thioether (sulfide) groups is 1. The van der Waals surface area contributed by atoms with Crippen LogP contribution >= 0.6 is 11.8 Å². The van der Waals surface area contributed by atoms with E-state index in [4.69, 9.17) is 4.74 Å². The fraction of sp³-hybridized carbons (Fsp3) is 0.556.